The summed E-state index contributed by atoms with van der Waals surface area (Å²) in [6.45, 7) is 5.24. The number of ether oxygens (including phenoxy) is 1. The summed E-state index contributed by atoms with van der Waals surface area (Å²) in [6, 6.07) is 0. The zero-order chi connectivity index (χ0) is 7.66. The fourth-order valence-electron chi connectivity index (χ4n) is 0.519. The van der Waals surface area contributed by atoms with E-state index in [1.165, 1.54) is 5.54 Å². The Morgan fingerprint density at radius 1 is 1.60 bits per heavy atom. The van der Waals surface area contributed by atoms with Gasteiger partial charge >= 0.3 is 0 Å². The number of rotatable bonds is 6. The SMILES string of the molecule is CCOCCNC/C=C/Cl. The van der Waals surface area contributed by atoms with Crippen molar-refractivity contribution in [2.45, 2.75) is 6.92 Å². The first-order valence-electron chi connectivity index (χ1n) is 3.45. The highest BCUT2D eigenvalue weighted by atomic mass is 35.5. The largest absolute Gasteiger partial charge is 0.380 e. The molecule has 0 saturated heterocycles. The van der Waals surface area contributed by atoms with Gasteiger partial charge in [-0.25, -0.2) is 0 Å². The van der Waals surface area contributed by atoms with E-state index >= 15 is 0 Å². The maximum Gasteiger partial charge on any atom is 0.0590 e. The third kappa shape index (κ3) is 7.95. The van der Waals surface area contributed by atoms with Crippen LogP contribution in [0, 0.1) is 0 Å². The predicted octanol–water partition coefficient (Wildman–Crippen LogP) is 1.36. The van der Waals surface area contributed by atoms with E-state index in [-0.39, 0.29) is 0 Å². The number of halogens is 1. The summed E-state index contributed by atoms with van der Waals surface area (Å²) in [6.07, 6.45) is 1.85. The van der Waals surface area contributed by atoms with E-state index in [2.05, 4.69) is 5.32 Å². The molecule has 0 amide bonds. The van der Waals surface area contributed by atoms with Crippen LogP contribution in [-0.2, 0) is 4.74 Å². The average Bonchev–Trinajstić information content (AvgIpc) is 1.97. The molecule has 0 heterocycles. The van der Waals surface area contributed by atoms with Crippen molar-refractivity contribution in [1.29, 1.82) is 0 Å². The highest BCUT2D eigenvalue weighted by molar-refractivity contribution is 6.25. The summed E-state index contributed by atoms with van der Waals surface area (Å²) in [4.78, 5) is 0. The van der Waals surface area contributed by atoms with Crippen LogP contribution in [0.15, 0.2) is 11.6 Å². The van der Waals surface area contributed by atoms with E-state index in [1.54, 1.807) is 0 Å². The fourth-order valence-corrected chi connectivity index (χ4v) is 0.608. The Bertz CT molecular complexity index is 85.7. The minimum Gasteiger partial charge on any atom is -0.380 e. The maximum atomic E-state index is 5.29. The molecule has 0 aromatic carbocycles. The van der Waals surface area contributed by atoms with Gasteiger partial charge in [-0.3, -0.25) is 0 Å². The highest BCUT2D eigenvalue weighted by Crippen LogP contribution is 1.75. The Morgan fingerprint density at radius 3 is 3.00 bits per heavy atom. The molecule has 0 fully saturated rings. The molecule has 0 spiro atoms. The van der Waals surface area contributed by atoms with Crippen LogP contribution in [0.1, 0.15) is 6.92 Å². The van der Waals surface area contributed by atoms with Crippen LogP contribution >= 0.6 is 11.6 Å². The Morgan fingerprint density at radius 2 is 2.40 bits per heavy atom. The standard InChI is InChI=1S/C7H14ClNO/c1-2-10-7-6-9-5-3-4-8/h3-4,9H,2,5-7H2,1H3/b4-3+. The quantitative estimate of drug-likeness (QED) is 0.598. The Balaban J connectivity index is 2.77. The first-order chi connectivity index (χ1) is 4.91. The van der Waals surface area contributed by atoms with Gasteiger partial charge in [0.2, 0.25) is 0 Å². The lowest BCUT2D eigenvalue weighted by Gasteiger charge is -2.00. The van der Waals surface area contributed by atoms with Gasteiger partial charge in [0.05, 0.1) is 6.61 Å². The van der Waals surface area contributed by atoms with E-state index in [0.29, 0.717) is 0 Å². The van der Waals surface area contributed by atoms with Gasteiger partial charge < -0.3 is 10.1 Å². The van der Waals surface area contributed by atoms with Gasteiger partial charge in [0.1, 0.15) is 0 Å². The van der Waals surface area contributed by atoms with Crippen LogP contribution in [0.3, 0.4) is 0 Å². The number of hydrogen-bond donors (Lipinski definition) is 1. The first-order valence-corrected chi connectivity index (χ1v) is 3.89. The molecule has 0 unspecified atom stereocenters. The molecule has 0 aliphatic rings. The summed E-state index contributed by atoms with van der Waals surface area (Å²) in [5, 5.41) is 3.12. The zero-order valence-electron chi connectivity index (χ0n) is 6.27. The van der Waals surface area contributed by atoms with Gasteiger partial charge in [-0.1, -0.05) is 17.7 Å². The molecular weight excluding hydrogens is 150 g/mol. The highest BCUT2D eigenvalue weighted by Gasteiger charge is 1.82. The van der Waals surface area contributed by atoms with Crippen molar-refractivity contribution < 1.29 is 4.74 Å². The average molecular weight is 164 g/mol. The first kappa shape index (κ1) is 9.95. The van der Waals surface area contributed by atoms with Crippen molar-refractivity contribution in [2.75, 3.05) is 26.3 Å². The van der Waals surface area contributed by atoms with Crippen LogP contribution in [-0.4, -0.2) is 26.3 Å². The van der Waals surface area contributed by atoms with Gasteiger partial charge in [-0.2, -0.15) is 0 Å². The second-order valence-electron chi connectivity index (χ2n) is 1.76. The molecular formula is C7H14ClNO. The monoisotopic (exact) mass is 163 g/mol. The van der Waals surface area contributed by atoms with Gasteiger partial charge in [0.25, 0.3) is 0 Å². The number of hydrogen-bond acceptors (Lipinski definition) is 2. The van der Waals surface area contributed by atoms with Gasteiger partial charge in [-0.05, 0) is 6.92 Å². The normalized spacial score (nSPS) is 11.0. The third-order valence-corrected chi connectivity index (χ3v) is 1.16. The Hall–Kier alpha value is -0.0500. The molecule has 0 radical (unpaired) electrons. The van der Waals surface area contributed by atoms with Crippen molar-refractivity contribution in [3.05, 3.63) is 11.6 Å². The van der Waals surface area contributed by atoms with E-state index in [1.807, 2.05) is 13.0 Å². The molecule has 0 bridgehead atoms. The molecule has 0 saturated carbocycles. The molecule has 2 nitrogen and oxygen atoms in total. The van der Waals surface area contributed by atoms with Crippen LogP contribution in [0.2, 0.25) is 0 Å². The lowest BCUT2D eigenvalue weighted by atomic mass is 10.6. The van der Waals surface area contributed by atoms with Crippen molar-refractivity contribution in [1.82, 2.24) is 5.32 Å². The van der Waals surface area contributed by atoms with Crippen molar-refractivity contribution in [3.8, 4) is 0 Å². The summed E-state index contributed by atoms with van der Waals surface area (Å²) < 4.78 is 5.09. The molecule has 60 valence electrons. The Labute approximate surface area is 67.2 Å². The zero-order valence-corrected chi connectivity index (χ0v) is 7.03. The van der Waals surface area contributed by atoms with Crippen molar-refractivity contribution in [2.24, 2.45) is 0 Å². The summed E-state index contributed by atoms with van der Waals surface area (Å²) >= 11 is 5.29. The minimum absolute atomic E-state index is 0.770. The number of nitrogens with one attached hydrogen (secondary N) is 1. The lowest BCUT2D eigenvalue weighted by Crippen LogP contribution is -2.19. The second-order valence-corrected chi connectivity index (χ2v) is 2.01. The summed E-state index contributed by atoms with van der Waals surface area (Å²) in [5.41, 5.74) is 1.51. The van der Waals surface area contributed by atoms with Crippen LogP contribution < -0.4 is 5.32 Å². The smallest absolute Gasteiger partial charge is 0.0590 e. The molecule has 0 atom stereocenters. The predicted molar refractivity (Wildman–Crippen MR) is 44.4 cm³/mol. The van der Waals surface area contributed by atoms with E-state index in [4.69, 9.17) is 16.3 Å². The van der Waals surface area contributed by atoms with Crippen LogP contribution in [0.5, 0.6) is 0 Å². The van der Waals surface area contributed by atoms with Crippen LogP contribution in [0.4, 0.5) is 0 Å². The molecule has 0 rings (SSSR count). The third-order valence-electron chi connectivity index (χ3n) is 0.979. The maximum absolute atomic E-state index is 5.29. The van der Waals surface area contributed by atoms with E-state index < -0.39 is 0 Å². The molecule has 0 aliphatic carbocycles. The van der Waals surface area contributed by atoms with Gasteiger partial charge in [0, 0.05) is 25.2 Å². The lowest BCUT2D eigenvalue weighted by molar-refractivity contribution is 0.150. The summed E-state index contributed by atoms with van der Waals surface area (Å²) in [5.74, 6) is 0. The van der Waals surface area contributed by atoms with Crippen molar-refractivity contribution >= 4 is 11.6 Å². The van der Waals surface area contributed by atoms with Gasteiger partial charge in [-0.15, -0.1) is 0 Å². The molecule has 1 N–H and O–H groups in total. The van der Waals surface area contributed by atoms with Crippen molar-refractivity contribution in [3.63, 3.8) is 0 Å². The minimum atomic E-state index is 0.770. The fraction of sp³-hybridized carbons (Fsp3) is 0.714. The van der Waals surface area contributed by atoms with Gasteiger partial charge in [0.15, 0.2) is 0 Å². The molecule has 3 heteroatoms. The second kappa shape index (κ2) is 8.95. The molecule has 0 aromatic heterocycles. The topological polar surface area (TPSA) is 21.3 Å². The summed E-state index contributed by atoms with van der Waals surface area (Å²) in [7, 11) is 0. The Kier molecular flexibility index (Phi) is 8.91. The van der Waals surface area contributed by atoms with Crippen LogP contribution in [0.25, 0.3) is 0 Å². The van der Waals surface area contributed by atoms with E-state index in [9.17, 15) is 0 Å². The molecule has 10 heavy (non-hydrogen) atoms. The molecule has 0 aliphatic heterocycles. The molecule has 0 aromatic rings. The van der Waals surface area contributed by atoms with E-state index in [0.717, 1.165) is 26.3 Å².